The Morgan fingerprint density at radius 3 is 2.39 bits per heavy atom. The number of sulfonamides is 1. The third kappa shape index (κ3) is 3.94. The number of primary sulfonamides is 1. The van der Waals surface area contributed by atoms with E-state index in [1.807, 2.05) is 0 Å². The summed E-state index contributed by atoms with van der Waals surface area (Å²) in [5.41, 5.74) is -0.242. The van der Waals surface area contributed by atoms with Crippen molar-refractivity contribution in [3.8, 4) is 0 Å². The van der Waals surface area contributed by atoms with E-state index in [9.17, 15) is 27.3 Å². The summed E-state index contributed by atoms with van der Waals surface area (Å²) in [6, 6.07) is 3.07. The van der Waals surface area contributed by atoms with Crippen molar-refractivity contribution in [3.05, 3.63) is 28.3 Å². The second kappa shape index (κ2) is 6.00. The lowest BCUT2D eigenvalue weighted by Gasteiger charge is -2.35. The van der Waals surface area contributed by atoms with E-state index in [-0.39, 0.29) is 42.3 Å². The minimum atomic E-state index is -4.06. The molecule has 7 nitrogen and oxygen atoms in total. The van der Waals surface area contributed by atoms with Gasteiger partial charge in [0.05, 0.1) is 9.82 Å². The van der Waals surface area contributed by atoms with Gasteiger partial charge in [0.15, 0.2) is 0 Å². The average Bonchev–Trinajstić information content (AvgIpc) is 2.45. The molecule has 1 aromatic carbocycles. The lowest BCUT2D eigenvalue weighted by Crippen LogP contribution is -2.38. The molecule has 0 heterocycles. The van der Waals surface area contributed by atoms with Crippen molar-refractivity contribution in [2.75, 3.05) is 11.9 Å². The summed E-state index contributed by atoms with van der Waals surface area (Å²) in [6.45, 7) is 0. The minimum Gasteiger partial charge on any atom is -0.366 e. The average molecular weight is 349 g/mol. The molecule has 1 fully saturated rings. The van der Waals surface area contributed by atoms with E-state index >= 15 is 0 Å². The van der Waals surface area contributed by atoms with Gasteiger partial charge in [-0.3, -0.25) is 10.1 Å². The summed E-state index contributed by atoms with van der Waals surface area (Å²) in [5.74, 6) is -2.69. The Balaban J connectivity index is 2.33. The fraction of sp³-hybridized carbons (Fsp3) is 0.538. The van der Waals surface area contributed by atoms with Gasteiger partial charge in [-0.1, -0.05) is 0 Å². The van der Waals surface area contributed by atoms with Crippen molar-refractivity contribution in [3.63, 3.8) is 0 Å². The Morgan fingerprint density at radius 1 is 1.35 bits per heavy atom. The van der Waals surface area contributed by atoms with E-state index in [4.69, 9.17) is 5.14 Å². The molecule has 0 unspecified atom stereocenters. The van der Waals surface area contributed by atoms with Gasteiger partial charge in [-0.05, 0) is 25.0 Å². The van der Waals surface area contributed by atoms with E-state index in [1.54, 1.807) is 11.9 Å². The van der Waals surface area contributed by atoms with Crippen molar-refractivity contribution in [2.24, 2.45) is 5.14 Å². The van der Waals surface area contributed by atoms with Crippen molar-refractivity contribution >= 4 is 21.4 Å². The largest absolute Gasteiger partial charge is 0.366 e. The molecule has 1 aliphatic rings. The van der Waals surface area contributed by atoms with Gasteiger partial charge in [0.25, 0.3) is 5.69 Å². The maximum atomic E-state index is 13.2. The van der Waals surface area contributed by atoms with E-state index in [2.05, 4.69) is 0 Å². The van der Waals surface area contributed by atoms with E-state index < -0.39 is 26.6 Å². The summed E-state index contributed by atoms with van der Waals surface area (Å²) in [5, 5.41) is 16.2. The van der Waals surface area contributed by atoms with Gasteiger partial charge < -0.3 is 4.90 Å². The van der Waals surface area contributed by atoms with Crippen LogP contribution in [0.3, 0.4) is 0 Å². The molecule has 1 aromatic rings. The van der Waals surface area contributed by atoms with Gasteiger partial charge in [0, 0.05) is 32.0 Å². The zero-order valence-corrected chi connectivity index (χ0v) is 13.2. The lowest BCUT2D eigenvalue weighted by molar-refractivity contribution is -0.384. The number of nitrogens with two attached hydrogens (primary N) is 1. The normalized spacial score (nSPS) is 18.6. The number of rotatable bonds is 4. The Labute approximate surface area is 132 Å². The zero-order chi connectivity index (χ0) is 17.4. The number of anilines is 1. The van der Waals surface area contributed by atoms with Gasteiger partial charge in [0.1, 0.15) is 5.69 Å². The molecule has 0 atom stereocenters. The number of halogens is 2. The van der Waals surface area contributed by atoms with Crippen LogP contribution in [0.25, 0.3) is 0 Å². The van der Waals surface area contributed by atoms with Crippen LogP contribution in [0.5, 0.6) is 0 Å². The van der Waals surface area contributed by atoms with Gasteiger partial charge in [0.2, 0.25) is 15.9 Å². The van der Waals surface area contributed by atoms with Gasteiger partial charge in [-0.25, -0.2) is 22.3 Å². The van der Waals surface area contributed by atoms with Crippen LogP contribution in [0.1, 0.15) is 25.7 Å². The minimum absolute atomic E-state index is 0.178. The first kappa shape index (κ1) is 17.5. The van der Waals surface area contributed by atoms with Crippen molar-refractivity contribution in [1.29, 1.82) is 0 Å². The quantitative estimate of drug-likeness (QED) is 0.663. The number of hydrogen-bond donors (Lipinski definition) is 1. The van der Waals surface area contributed by atoms with Crippen LogP contribution in [-0.2, 0) is 10.0 Å². The molecule has 1 aliphatic carbocycles. The van der Waals surface area contributed by atoms with Crippen LogP contribution in [0.2, 0.25) is 0 Å². The first-order valence-electron chi connectivity index (χ1n) is 6.93. The first-order chi connectivity index (χ1) is 10.5. The molecule has 10 heteroatoms. The molecule has 0 aliphatic heterocycles. The summed E-state index contributed by atoms with van der Waals surface area (Å²) >= 11 is 0. The molecule has 2 N–H and O–H groups in total. The first-order valence-corrected chi connectivity index (χ1v) is 8.48. The molecule has 0 radical (unpaired) electrons. The number of benzene rings is 1. The fourth-order valence-electron chi connectivity index (χ4n) is 2.73. The van der Waals surface area contributed by atoms with Crippen LogP contribution in [-0.4, -0.2) is 32.4 Å². The molecule has 0 aromatic heterocycles. The Morgan fingerprint density at radius 2 is 1.91 bits per heavy atom. The van der Waals surface area contributed by atoms with E-state index in [1.165, 1.54) is 12.1 Å². The molecule has 0 spiro atoms. The topological polar surface area (TPSA) is 107 Å². The van der Waals surface area contributed by atoms with Gasteiger partial charge >= 0.3 is 0 Å². The molecule has 0 bridgehead atoms. The molecule has 1 saturated carbocycles. The van der Waals surface area contributed by atoms with Crippen LogP contribution in [0.4, 0.5) is 20.2 Å². The maximum Gasteiger partial charge on any atom is 0.293 e. The van der Waals surface area contributed by atoms with Crippen LogP contribution < -0.4 is 10.0 Å². The SMILES string of the molecule is CN(c1ccc(S(N)(=O)=O)cc1[N+](=O)[O-])C1CCC(F)(F)CC1. The van der Waals surface area contributed by atoms with Crippen LogP contribution in [0.15, 0.2) is 23.1 Å². The van der Waals surface area contributed by atoms with E-state index in [0.29, 0.717) is 0 Å². The molecular weight excluding hydrogens is 332 g/mol. The monoisotopic (exact) mass is 349 g/mol. The number of nitro benzene ring substituents is 1. The highest BCUT2D eigenvalue weighted by molar-refractivity contribution is 7.89. The third-order valence-corrected chi connectivity index (χ3v) is 5.00. The molecular formula is C13H17F2N3O4S. The predicted octanol–water partition coefficient (Wildman–Crippen LogP) is 2.26. The highest BCUT2D eigenvalue weighted by Gasteiger charge is 2.37. The number of nitrogens with zero attached hydrogens (tertiary/aromatic N) is 2. The zero-order valence-electron chi connectivity index (χ0n) is 12.4. The van der Waals surface area contributed by atoms with E-state index in [0.717, 1.165) is 6.07 Å². The summed E-state index contributed by atoms with van der Waals surface area (Å²) in [4.78, 5) is 11.7. The maximum absolute atomic E-state index is 13.2. The molecule has 23 heavy (non-hydrogen) atoms. The van der Waals surface area contributed by atoms with Gasteiger partial charge in [-0.15, -0.1) is 0 Å². The summed E-state index contributed by atoms with van der Waals surface area (Å²) in [6.07, 6.45) is -0.134. The third-order valence-electron chi connectivity index (χ3n) is 4.09. The lowest BCUT2D eigenvalue weighted by atomic mass is 9.91. The summed E-state index contributed by atoms with van der Waals surface area (Å²) < 4.78 is 49.1. The van der Waals surface area contributed by atoms with Crippen molar-refractivity contribution in [1.82, 2.24) is 0 Å². The molecule has 0 saturated heterocycles. The number of alkyl halides is 2. The highest BCUT2D eigenvalue weighted by atomic mass is 32.2. The smallest absolute Gasteiger partial charge is 0.293 e. The van der Waals surface area contributed by atoms with Gasteiger partial charge in [-0.2, -0.15) is 0 Å². The Bertz CT molecular complexity index is 714. The number of nitro groups is 1. The molecule has 0 amide bonds. The Kier molecular flexibility index (Phi) is 4.58. The summed E-state index contributed by atoms with van der Waals surface area (Å²) in [7, 11) is -2.49. The second-order valence-electron chi connectivity index (χ2n) is 5.65. The van der Waals surface area contributed by atoms with Crippen molar-refractivity contribution in [2.45, 2.75) is 42.5 Å². The molecule has 128 valence electrons. The predicted molar refractivity (Wildman–Crippen MR) is 80.1 cm³/mol. The molecule has 2 rings (SSSR count). The van der Waals surface area contributed by atoms with Crippen LogP contribution in [0, 0.1) is 10.1 Å². The highest BCUT2D eigenvalue weighted by Crippen LogP contribution is 2.38. The van der Waals surface area contributed by atoms with Crippen molar-refractivity contribution < 1.29 is 22.1 Å². The second-order valence-corrected chi connectivity index (χ2v) is 7.21. The fourth-order valence-corrected chi connectivity index (χ4v) is 3.27. The standard InChI is InChI=1S/C13H17F2N3O4S/c1-17(9-4-6-13(14,15)7-5-9)11-3-2-10(23(16,21)22)8-12(11)18(19)20/h2-3,8-9H,4-7H2,1H3,(H2,16,21,22). The number of hydrogen-bond acceptors (Lipinski definition) is 5. The van der Waals surface area contributed by atoms with Crippen LogP contribution >= 0.6 is 0 Å². The Hall–Kier alpha value is -1.81.